The molecular formula is C16H23N5O2. The molecule has 0 aliphatic carbocycles. The highest BCUT2D eigenvalue weighted by Gasteiger charge is 2.29. The van der Waals surface area contributed by atoms with Gasteiger partial charge in [-0.25, -0.2) is 9.97 Å². The van der Waals surface area contributed by atoms with Crippen LogP contribution in [0.5, 0.6) is 0 Å². The highest BCUT2D eigenvalue weighted by atomic mass is 16.5. The first kappa shape index (κ1) is 15.7. The van der Waals surface area contributed by atoms with E-state index in [9.17, 15) is 4.79 Å². The Hall–Kier alpha value is -2.18. The smallest absolute Gasteiger partial charge is 0.310 e. The molecule has 0 bridgehead atoms. The molecule has 7 heteroatoms. The summed E-state index contributed by atoms with van der Waals surface area (Å²) in [4.78, 5) is 23.1. The molecule has 1 aliphatic heterocycles. The van der Waals surface area contributed by atoms with Crippen LogP contribution in [-0.2, 0) is 16.1 Å². The van der Waals surface area contributed by atoms with Gasteiger partial charge in [0.25, 0.3) is 0 Å². The lowest BCUT2D eigenvalue weighted by Gasteiger charge is -2.32. The minimum absolute atomic E-state index is 0.0900. The first-order chi connectivity index (χ1) is 11.2. The van der Waals surface area contributed by atoms with E-state index in [2.05, 4.69) is 26.9 Å². The van der Waals surface area contributed by atoms with Gasteiger partial charge < -0.3 is 9.64 Å². The van der Waals surface area contributed by atoms with Crippen LogP contribution < -0.4 is 4.90 Å². The van der Waals surface area contributed by atoms with E-state index in [1.165, 1.54) is 0 Å². The van der Waals surface area contributed by atoms with Gasteiger partial charge in [-0.2, -0.15) is 5.10 Å². The van der Waals surface area contributed by atoms with Gasteiger partial charge in [-0.05, 0) is 33.6 Å². The van der Waals surface area contributed by atoms with Gasteiger partial charge in [-0.1, -0.05) is 0 Å². The first-order valence-electron chi connectivity index (χ1n) is 8.25. The number of hydrogen-bond acceptors (Lipinski definition) is 6. The van der Waals surface area contributed by atoms with Crippen LogP contribution in [0, 0.1) is 12.8 Å². The molecule has 23 heavy (non-hydrogen) atoms. The molecule has 1 atom stereocenters. The Balaban J connectivity index is 1.95. The summed E-state index contributed by atoms with van der Waals surface area (Å²) >= 11 is 0. The molecule has 3 rings (SSSR count). The first-order valence-corrected chi connectivity index (χ1v) is 8.25. The van der Waals surface area contributed by atoms with Gasteiger partial charge in [0.2, 0.25) is 0 Å². The van der Waals surface area contributed by atoms with Crippen LogP contribution in [0.2, 0.25) is 0 Å². The fourth-order valence-corrected chi connectivity index (χ4v) is 3.23. The molecule has 0 N–H and O–H groups in total. The number of aryl methyl sites for hydroxylation is 2. The summed E-state index contributed by atoms with van der Waals surface area (Å²) in [6.45, 7) is 8.57. The molecule has 1 saturated heterocycles. The summed E-state index contributed by atoms with van der Waals surface area (Å²) in [5, 5.41) is 4.54. The third-order valence-corrected chi connectivity index (χ3v) is 4.31. The van der Waals surface area contributed by atoms with Crippen LogP contribution in [0.25, 0.3) is 11.0 Å². The Bertz CT molecular complexity index is 712. The fraction of sp³-hybridized carbons (Fsp3) is 0.625. The summed E-state index contributed by atoms with van der Waals surface area (Å²) in [6.07, 6.45) is 3.41. The summed E-state index contributed by atoms with van der Waals surface area (Å²) in [6, 6.07) is 0. The van der Waals surface area contributed by atoms with E-state index in [4.69, 9.17) is 4.74 Å². The molecular weight excluding hydrogens is 294 g/mol. The Kier molecular flexibility index (Phi) is 4.45. The summed E-state index contributed by atoms with van der Waals surface area (Å²) < 4.78 is 7.12. The quantitative estimate of drug-likeness (QED) is 0.802. The highest BCUT2D eigenvalue weighted by Crippen LogP contribution is 2.29. The van der Waals surface area contributed by atoms with Crippen molar-refractivity contribution in [3.05, 3.63) is 12.0 Å². The van der Waals surface area contributed by atoms with Gasteiger partial charge in [-0.3, -0.25) is 9.48 Å². The second kappa shape index (κ2) is 6.52. The van der Waals surface area contributed by atoms with Crippen molar-refractivity contribution >= 4 is 22.8 Å². The van der Waals surface area contributed by atoms with E-state index < -0.39 is 0 Å². The van der Waals surface area contributed by atoms with E-state index >= 15 is 0 Å². The van der Waals surface area contributed by atoms with E-state index in [1.807, 2.05) is 18.5 Å². The lowest BCUT2D eigenvalue weighted by molar-refractivity contribution is -0.148. The monoisotopic (exact) mass is 317 g/mol. The number of ether oxygens (including phenoxy) is 1. The Morgan fingerprint density at radius 3 is 2.96 bits per heavy atom. The number of anilines is 1. The van der Waals surface area contributed by atoms with Crippen LogP contribution in [0.3, 0.4) is 0 Å². The molecule has 124 valence electrons. The zero-order valence-electron chi connectivity index (χ0n) is 13.9. The lowest BCUT2D eigenvalue weighted by Crippen LogP contribution is -2.40. The predicted molar refractivity (Wildman–Crippen MR) is 87.3 cm³/mol. The van der Waals surface area contributed by atoms with Crippen molar-refractivity contribution in [1.82, 2.24) is 19.7 Å². The number of carbonyl (C=O) groups excluding carboxylic acids is 1. The van der Waals surface area contributed by atoms with Crippen LogP contribution in [0.1, 0.15) is 32.4 Å². The van der Waals surface area contributed by atoms with Gasteiger partial charge in [-0.15, -0.1) is 0 Å². The molecule has 1 aliphatic rings. The third kappa shape index (κ3) is 2.87. The van der Waals surface area contributed by atoms with Gasteiger partial charge in [0.05, 0.1) is 18.2 Å². The van der Waals surface area contributed by atoms with Gasteiger partial charge in [0.15, 0.2) is 5.82 Å². The lowest BCUT2D eigenvalue weighted by atomic mass is 9.98. The molecule has 2 aromatic heterocycles. The average Bonchev–Trinajstić information content (AvgIpc) is 2.92. The normalized spacial score (nSPS) is 18.4. The van der Waals surface area contributed by atoms with Crippen molar-refractivity contribution < 1.29 is 9.53 Å². The topological polar surface area (TPSA) is 73.1 Å². The molecule has 3 heterocycles. The third-order valence-electron chi connectivity index (χ3n) is 4.31. The van der Waals surface area contributed by atoms with Crippen LogP contribution >= 0.6 is 0 Å². The Morgan fingerprint density at radius 1 is 1.39 bits per heavy atom. The number of carbonyl (C=O) groups is 1. The minimum Gasteiger partial charge on any atom is -0.466 e. The molecule has 7 nitrogen and oxygen atoms in total. The van der Waals surface area contributed by atoms with E-state index in [-0.39, 0.29) is 11.9 Å². The van der Waals surface area contributed by atoms with Crippen molar-refractivity contribution in [1.29, 1.82) is 0 Å². The average molecular weight is 317 g/mol. The molecule has 0 spiro atoms. The van der Waals surface area contributed by atoms with Crippen molar-refractivity contribution in [2.75, 3.05) is 24.6 Å². The van der Waals surface area contributed by atoms with E-state index in [0.29, 0.717) is 13.2 Å². The van der Waals surface area contributed by atoms with Gasteiger partial charge in [0, 0.05) is 19.6 Å². The zero-order chi connectivity index (χ0) is 16.4. The maximum Gasteiger partial charge on any atom is 0.310 e. The predicted octanol–water partition coefficient (Wildman–Crippen LogP) is 1.93. The molecule has 0 amide bonds. The van der Waals surface area contributed by atoms with Gasteiger partial charge >= 0.3 is 5.97 Å². The molecule has 0 radical (unpaired) electrons. The van der Waals surface area contributed by atoms with Crippen LogP contribution in [0.4, 0.5) is 5.82 Å². The number of nitrogens with zero attached hydrogens (tertiary/aromatic N) is 5. The number of aromatic nitrogens is 4. The fourth-order valence-electron chi connectivity index (χ4n) is 3.23. The van der Waals surface area contributed by atoms with Crippen molar-refractivity contribution in [3.8, 4) is 0 Å². The number of esters is 1. The summed E-state index contributed by atoms with van der Waals surface area (Å²) in [7, 11) is 0. The van der Waals surface area contributed by atoms with Crippen molar-refractivity contribution in [3.63, 3.8) is 0 Å². The number of fused-ring (bicyclic) bond motifs is 1. The standard InChI is InChI=1S/C16H23N5O2/c1-4-21-14-13(11(3)19-21)17-10-18-15(14)20-8-6-7-12(9-20)16(22)23-5-2/h10,12H,4-9H2,1-3H3/t12-/m0/s1. The van der Waals surface area contributed by atoms with Gasteiger partial charge in [0.1, 0.15) is 17.4 Å². The maximum atomic E-state index is 12.1. The Morgan fingerprint density at radius 2 is 2.22 bits per heavy atom. The molecule has 1 fully saturated rings. The molecule has 0 unspecified atom stereocenters. The Labute approximate surface area is 135 Å². The number of rotatable bonds is 4. The van der Waals surface area contributed by atoms with Crippen LogP contribution in [-0.4, -0.2) is 45.4 Å². The highest BCUT2D eigenvalue weighted by molar-refractivity contribution is 5.88. The minimum atomic E-state index is -0.109. The van der Waals surface area contributed by atoms with E-state index in [0.717, 1.165) is 48.5 Å². The molecule has 2 aromatic rings. The number of hydrogen-bond donors (Lipinski definition) is 0. The number of piperidine rings is 1. The summed E-state index contributed by atoms with van der Waals surface area (Å²) in [5.74, 6) is 0.668. The molecule has 0 aromatic carbocycles. The SMILES string of the molecule is CCOC(=O)[C@H]1CCCN(c2ncnc3c(C)nn(CC)c23)C1. The van der Waals surface area contributed by atoms with Crippen molar-refractivity contribution in [2.45, 2.75) is 40.2 Å². The summed E-state index contributed by atoms with van der Waals surface area (Å²) in [5.41, 5.74) is 2.75. The second-order valence-electron chi connectivity index (χ2n) is 5.83. The second-order valence-corrected chi connectivity index (χ2v) is 5.83. The maximum absolute atomic E-state index is 12.1. The van der Waals surface area contributed by atoms with Crippen LogP contribution in [0.15, 0.2) is 6.33 Å². The molecule has 0 saturated carbocycles. The van der Waals surface area contributed by atoms with Crippen molar-refractivity contribution in [2.24, 2.45) is 5.92 Å². The zero-order valence-corrected chi connectivity index (χ0v) is 13.9. The largest absolute Gasteiger partial charge is 0.466 e. The van der Waals surface area contributed by atoms with E-state index in [1.54, 1.807) is 6.33 Å².